The molecule has 0 saturated heterocycles. The fourth-order valence-electron chi connectivity index (χ4n) is 0.979. The van der Waals surface area contributed by atoms with Gasteiger partial charge in [-0.05, 0) is 4.92 Å². The minimum absolute atomic E-state index is 0.529. The van der Waals surface area contributed by atoms with Crippen molar-refractivity contribution in [2.45, 2.75) is 12.2 Å². The number of aromatic amines is 1. The van der Waals surface area contributed by atoms with Gasteiger partial charge in [-0.15, -0.1) is 24.8 Å². The Morgan fingerprint density at radius 1 is 1.53 bits per heavy atom. The van der Waals surface area contributed by atoms with Crippen LogP contribution < -0.4 is 10.2 Å². The van der Waals surface area contributed by atoms with E-state index in [1.165, 1.54) is 0 Å². The molecular weight excluding hydrogens is 269 g/mol. The molecular formula is C7H4ClF3N2O4. The first-order valence-corrected chi connectivity index (χ1v) is 4.50. The molecule has 0 aromatic carbocycles. The summed E-state index contributed by atoms with van der Waals surface area (Å²) in [6.45, 7) is 0. The van der Waals surface area contributed by atoms with Crippen LogP contribution in [0.2, 0.25) is 0 Å². The van der Waals surface area contributed by atoms with Crippen LogP contribution in [0.25, 0.3) is 0 Å². The summed E-state index contributed by atoms with van der Waals surface area (Å²) in [5.41, 5.74) is -1.54. The summed E-state index contributed by atoms with van der Waals surface area (Å²) in [5.74, 6) is -2.56. The second-order valence-electron chi connectivity index (χ2n) is 2.77. The number of rotatable bonds is 3. The molecule has 0 fully saturated rings. The highest BCUT2D eigenvalue weighted by Gasteiger charge is 2.35. The highest BCUT2D eigenvalue weighted by Crippen LogP contribution is 2.25. The van der Waals surface area contributed by atoms with Gasteiger partial charge in [0.05, 0.1) is 17.5 Å². The molecule has 0 aliphatic rings. The highest BCUT2D eigenvalue weighted by molar-refractivity contribution is 6.17. The van der Waals surface area contributed by atoms with Crippen molar-refractivity contribution in [2.75, 3.05) is 0 Å². The molecule has 0 aliphatic heterocycles. The van der Waals surface area contributed by atoms with E-state index in [9.17, 15) is 28.1 Å². The Hall–Kier alpha value is -1.77. The van der Waals surface area contributed by atoms with E-state index < -0.39 is 39.9 Å². The van der Waals surface area contributed by atoms with Crippen molar-refractivity contribution in [3.8, 4) is 5.88 Å². The van der Waals surface area contributed by atoms with Gasteiger partial charge in [0, 0.05) is 0 Å². The summed E-state index contributed by atoms with van der Waals surface area (Å²) in [7, 11) is 0. The van der Waals surface area contributed by atoms with E-state index in [1.807, 2.05) is 0 Å². The second kappa shape index (κ2) is 4.62. The van der Waals surface area contributed by atoms with Gasteiger partial charge in [-0.2, -0.15) is 0 Å². The number of ether oxygens (including phenoxy) is 1. The number of nitro groups is 1. The SMILES string of the molecule is O=c1cc([N+](=O)[O-])[nH]c(OC(F)(F)F)c1CCl. The molecule has 0 radical (unpaired) electrons. The van der Waals surface area contributed by atoms with E-state index in [2.05, 4.69) is 4.74 Å². The lowest BCUT2D eigenvalue weighted by molar-refractivity contribution is -0.390. The maximum atomic E-state index is 12.0. The van der Waals surface area contributed by atoms with Gasteiger partial charge >= 0.3 is 12.2 Å². The summed E-state index contributed by atoms with van der Waals surface area (Å²) >= 11 is 5.26. The number of halogens is 4. The predicted octanol–water partition coefficient (Wildman–Crippen LogP) is 1.92. The summed E-state index contributed by atoms with van der Waals surface area (Å²) in [6, 6.07) is 0.529. The first-order valence-electron chi connectivity index (χ1n) is 3.97. The Kier molecular flexibility index (Phi) is 3.61. The van der Waals surface area contributed by atoms with E-state index in [1.54, 1.807) is 4.98 Å². The molecule has 0 amide bonds. The van der Waals surface area contributed by atoms with E-state index in [-0.39, 0.29) is 0 Å². The minimum Gasteiger partial charge on any atom is -0.369 e. The Bertz CT molecular complexity index is 499. The maximum Gasteiger partial charge on any atom is 0.575 e. The van der Waals surface area contributed by atoms with Crippen LogP contribution in [0, 0.1) is 10.1 Å². The number of aromatic nitrogens is 1. The van der Waals surface area contributed by atoms with Crippen molar-refractivity contribution >= 4 is 17.4 Å². The van der Waals surface area contributed by atoms with Crippen LogP contribution >= 0.6 is 11.6 Å². The molecule has 0 atom stereocenters. The summed E-state index contributed by atoms with van der Waals surface area (Å²) in [6.07, 6.45) is -5.08. The molecule has 1 aromatic rings. The average Bonchev–Trinajstić information content (AvgIpc) is 2.14. The number of alkyl halides is 4. The molecule has 6 nitrogen and oxygen atoms in total. The molecule has 10 heteroatoms. The van der Waals surface area contributed by atoms with Crippen molar-refractivity contribution in [2.24, 2.45) is 0 Å². The first kappa shape index (κ1) is 13.3. The van der Waals surface area contributed by atoms with Gasteiger partial charge in [-0.25, -0.2) is 4.98 Å². The molecule has 0 unspecified atom stereocenters. The molecule has 1 N–H and O–H groups in total. The lowest BCUT2D eigenvalue weighted by Crippen LogP contribution is -2.22. The normalized spacial score (nSPS) is 11.3. The molecule has 0 aliphatic carbocycles. The standard InChI is InChI=1S/C7H4ClF3N2O4/c8-2-3-4(14)1-5(13(15)16)12-6(3)17-7(9,10)11/h1H,2H2,(H,12,14). The fourth-order valence-corrected chi connectivity index (χ4v) is 1.23. The lowest BCUT2D eigenvalue weighted by atomic mass is 10.3. The van der Waals surface area contributed by atoms with Crippen molar-refractivity contribution < 1.29 is 22.8 Å². The number of nitrogens with one attached hydrogen (secondary N) is 1. The lowest BCUT2D eigenvalue weighted by Gasteiger charge is -2.08. The Morgan fingerprint density at radius 3 is 2.53 bits per heavy atom. The molecule has 0 spiro atoms. The molecule has 17 heavy (non-hydrogen) atoms. The molecule has 1 aromatic heterocycles. The van der Waals surface area contributed by atoms with Crippen molar-refractivity contribution in [3.63, 3.8) is 0 Å². The van der Waals surface area contributed by atoms with E-state index in [0.29, 0.717) is 6.07 Å². The van der Waals surface area contributed by atoms with E-state index in [0.717, 1.165) is 0 Å². The van der Waals surface area contributed by atoms with Gasteiger partial charge in [-0.3, -0.25) is 4.79 Å². The van der Waals surface area contributed by atoms with E-state index >= 15 is 0 Å². The molecule has 0 bridgehead atoms. The summed E-state index contributed by atoms with van der Waals surface area (Å²) in [5, 5.41) is 10.3. The monoisotopic (exact) mass is 272 g/mol. The Morgan fingerprint density at radius 2 is 2.12 bits per heavy atom. The quantitative estimate of drug-likeness (QED) is 0.517. The Labute approximate surface area is 96.1 Å². The third-order valence-corrected chi connectivity index (χ3v) is 1.90. The van der Waals surface area contributed by atoms with Gasteiger partial charge < -0.3 is 14.9 Å². The number of hydrogen-bond acceptors (Lipinski definition) is 4. The topological polar surface area (TPSA) is 85.2 Å². The minimum atomic E-state index is -5.08. The number of hydrogen-bond donors (Lipinski definition) is 1. The van der Waals surface area contributed by atoms with Gasteiger partial charge in [-0.1, -0.05) is 0 Å². The van der Waals surface area contributed by atoms with Crippen molar-refractivity contribution in [3.05, 3.63) is 32.0 Å². The zero-order valence-corrected chi connectivity index (χ0v) is 8.63. The van der Waals surface area contributed by atoms with Gasteiger partial charge in [0.15, 0.2) is 5.43 Å². The van der Waals surface area contributed by atoms with Crippen LogP contribution in [0.3, 0.4) is 0 Å². The zero-order valence-electron chi connectivity index (χ0n) is 7.88. The average molecular weight is 273 g/mol. The van der Waals surface area contributed by atoms with Crippen LogP contribution in [0.5, 0.6) is 5.88 Å². The number of pyridine rings is 1. The van der Waals surface area contributed by atoms with Crippen LogP contribution in [0.1, 0.15) is 5.56 Å². The van der Waals surface area contributed by atoms with E-state index in [4.69, 9.17) is 11.6 Å². The Balaban J connectivity index is 3.34. The molecule has 0 saturated carbocycles. The smallest absolute Gasteiger partial charge is 0.369 e. The van der Waals surface area contributed by atoms with Crippen molar-refractivity contribution in [1.82, 2.24) is 4.98 Å². The highest BCUT2D eigenvalue weighted by atomic mass is 35.5. The van der Waals surface area contributed by atoms with Crippen LogP contribution in [-0.2, 0) is 5.88 Å². The van der Waals surface area contributed by atoms with Gasteiger partial charge in [0.2, 0.25) is 0 Å². The van der Waals surface area contributed by atoms with Crippen LogP contribution in [0.4, 0.5) is 19.0 Å². The third kappa shape index (κ3) is 3.34. The number of nitrogens with zero attached hydrogens (tertiary/aromatic N) is 1. The predicted molar refractivity (Wildman–Crippen MR) is 50.0 cm³/mol. The second-order valence-corrected chi connectivity index (χ2v) is 3.03. The summed E-state index contributed by atoms with van der Waals surface area (Å²) < 4.78 is 39.3. The number of H-pyrrole nitrogens is 1. The largest absolute Gasteiger partial charge is 0.575 e. The fraction of sp³-hybridized carbons (Fsp3) is 0.286. The molecule has 1 rings (SSSR count). The third-order valence-electron chi connectivity index (χ3n) is 1.63. The molecule has 94 valence electrons. The summed E-state index contributed by atoms with van der Waals surface area (Å²) in [4.78, 5) is 22.2. The van der Waals surface area contributed by atoms with Crippen LogP contribution in [0.15, 0.2) is 10.9 Å². The zero-order chi connectivity index (χ0) is 13.2. The van der Waals surface area contributed by atoms with Crippen molar-refractivity contribution in [1.29, 1.82) is 0 Å². The first-order chi connectivity index (χ1) is 7.74. The maximum absolute atomic E-state index is 12.0. The van der Waals surface area contributed by atoms with Gasteiger partial charge in [0.1, 0.15) is 0 Å². The van der Waals surface area contributed by atoms with Gasteiger partial charge in [0.25, 0.3) is 5.88 Å². The molecule has 1 heterocycles. The van der Waals surface area contributed by atoms with Crippen LogP contribution in [-0.4, -0.2) is 16.3 Å².